The lowest BCUT2D eigenvalue weighted by Gasteiger charge is -1.95. The van der Waals surface area contributed by atoms with Crippen molar-refractivity contribution < 1.29 is 4.79 Å². The fourth-order valence-corrected chi connectivity index (χ4v) is 2.44. The average Bonchev–Trinajstić information content (AvgIpc) is 2.83. The van der Waals surface area contributed by atoms with Crippen LogP contribution < -0.4 is 0 Å². The Labute approximate surface area is 98.5 Å². The van der Waals surface area contributed by atoms with Gasteiger partial charge in [0.05, 0.1) is 16.8 Å². The van der Waals surface area contributed by atoms with Crippen molar-refractivity contribution in [3.05, 3.63) is 29.0 Å². The van der Waals surface area contributed by atoms with Crippen molar-refractivity contribution in [1.82, 2.24) is 9.97 Å². The SMILES string of the molecule is CC(=O)CCc1ncc(-c2sccc2C)[nH]1. The highest BCUT2D eigenvalue weighted by Gasteiger charge is 2.07. The molecule has 0 aromatic carbocycles. The molecule has 0 aliphatic heterocycles. The average molecular weight is 234 g/mol. The van der Waals surface area contributed by atoms with E-state index < -0.39 is 0 Å². The van der Waals surface area contributed by atoms with Crippen LogP contribution in [0.3, 0.4) is 0 Å². The largest absolute Gasteiger partial charge is 0.341 e. The Bertz CT molecular complexity index is 499. The monoisotopic (exact) mass is 234 g/mol. The molecule has 0 amide bonds. The standard InChI is InChI=1S/C12H14N2OS/c1-8-5-6-16-12(8)10-7-13-11(14-10)4-3-9(2)15/h5-7H,3-4H2,1-2H3,(H,13,14). The fraction of sp³-hybridized carbons (Fsp3) is 0.333. The van der Waals surface area contributed by atoms with Crippen LogP contribution in [-0.2, 0) is 11.2 Å². The highest BCUT2D eigenvalue weighted by atomic mass is 32.1. The molecule has 0 atom stereocenters. The molecule has 3 nitrogen and oxygen atoms in total. The number of rotatable bonds is 4. The van der Waals surface area contributed by atoms with E-state index in [0.717, 1.165) is 11.5 Å². The summed E-state index contributed by atoms with van der Waals surface area (Å²) in [7, 11) is 0. The molecule has 0 radical (unpaired) electrons. The number of aromatic nitrogens is 2. The summed E-state index contributed by atoms with van der Waals surface area (Å²) < 4.78 is 0. The van der Waals surface area contributed by atoms with Gasteiger partial charge in [-0.2, -0.15) is 0 Å². The van der Waals surface area contributed by atoms with Crippen LogP contribution in [0, 0.1) is 6.92 Å². The van der Waals surface area contributed by atoms with E-state index in [-0.39, 0.29) is 5.78 Å². The number of thiophene rings is 1. The molecule has 0 bridgehead atoms. The number of Topliss-reactive ketones (excluding diaryl/α,β-unsaturated/α-hetero) is 1. The second kappa shape index (κ2) is 4.61. The maximum absolute atomic E-state index is 10.9. The van der Waals surface area contributed by atoms with Gasteiger partial charge in [0, 0.05) is 12.8 Å². The molecule has 0 spiro atoms. The number of H-pyrrole nitrogens is 1. The van der Waals surface area contributed by atoms with Gasteiger partial charge in [0.25, 0.3) is 0 Å². The second-order valence-electron chi connectivity index (χ2n) is 3.88. The van der Waals surface area contributed by atoms with Crippen molar-refractivity contribution in [1.29, 1.82) is 0 Å². The zero-order valence-corrected chi connectivity index (χ0v) is 10.2. The number of hydrogen-bond acceptors (Lipinski definition) is 3. The fourth-order valence-electron chi connectivity index (χ4n) is 1.55. The first kappa shape index (κ1) is 11.1. The highest BCUT2D eigenvalue weighted by Crippen LogP contribution is 2.27. The summed E-state index contributed by atoms with van der Waals surface area (Å²) in [6, 6.07) is 2.09. The first-order valence-electron chi connectivity index (χ1n) is 5.24. The van der Waals surface area contributed by atoms with Crippen LogP contribution in [0.2, 0.25) is 0 Å². The molecular formula is C12H14N2OS. The molecule has 0 aliphatic carbocycles. The molecule has 2 aromatic rings. The second-order valence-corrected chi connectivity index (χ2v) is 4.79. The van der Waals surface area contributed by atoms with Crippen molar-refractivity contribution in [3.8, 4) is 10.6 Å². The van der Waals surface area contributed by atoms with Crippen LogP contribution >= 0.6 is 11.3 Å². The Morgan fingerprint density at radius 1 is 1.56 bits per heavy atom. The Morgan fingerprint density at radius 2 is 2.38 bits per heavy atom. The Balaban J connectivity index is 2.14. The summed E-state index contributed by atoms with van der Waals surface area (Å²) in [6.07, 6.45) is 3.09. The van der Waals surface area contributed by atoms with Gasteiger partial charge in [-0.15, -0.1) is 11.3 Å². The molecule has 0 unspecified atom stereocenters. The zero-order chi connectivity index (χ0) is 11.5. The molecule has 0 saturated heterocycles. The zero-order valence-electron chi connectivity index (χ0n) is 9.41. The first-order valence-corrected chi connectivity index (χ1v) is 6.12. The molecular weight excluding hydrogens is 220 g/mol. The van der Waals surface area contributed by atoms with Crippen molar-refractivity contribution in [2.45, 2.75) is 26.7 Å². The third kappa shape index (κ3) is 2.39. The molecule has 2 aromatic heterocycles. The van der Waals surface area contributed by atoms with Gasteiger partial charge in [-0.25, -0.2) is 4.98 Å². The smallest absolute Gasteiger partial charge is 0.130 e. The molecule has 84 valence electrons. The highest BCUT2D eigenvalue weighted by molar-refractivity contribution is 7.13. The number of aromatic amines is 1. The van der Waals surface area contributed by atoms with Gasteiger partial charge >= 0.3 is 0 Å². The van der Waals surface area contributed by atoms with E-state index in [0.29, 0.717) is 12.8 Å². The van der Waals surface area contributed by atoms with Crippen LogP contribution in [0.15, 0.2) is 17.6 Å². The number of hydrogen-bond donors (Lipinski definition) is 1. The maximum atomic E-state index is 10.9. The molecule has 4 heteroatoms. The lowest BCUT2D eigenvalue weighted by atomic mass is 10.2. The molecule has 0 fully saturated rings. The number of nitrogens with zero attached hydrogens (tertiary/aromatic N) is 1. The number of nitrogens with one attached hydrogen (secondary N) is 1. The molecule has 0 aliphatic rings. The molecule has 2 heterocycles. The predicted molar refractivity (Wildman–Crippen MR) is 65.6 cm³/mol. The molecule has 0 saturated carbocycles. The van der Waals surface area contributed by atoms with Gasteiger partial charge in [-0.05, 0) is 30.9 Å². The van der Waals surface area contributed by atoms with Crippen LogP contribution in [-0.4, -0.2) is 15.8 Å². The minimum atomic E-state index is 0.199. The Kier molecular flexibility index (Phi) is 3.19. The van der Waals surface area contributed by atoms with Gasteiger partial charge in [-0.1, -0.05) is 0 Å². The van der Waals surface area contributed by atoms with E-state index in [9.17, 15) is 4.79 Å². The van der Waals surface area contributed by atoms with Gasteiger partial charge < -0.3 is 9.78 Å². The number of ketones is 1. The number of aryl methyl sites for hydroxylation is 2. The predicted octanol–water partition coefficient (Wildman–Crippen LogP) is 2.97. The van der Waals surface area contributed by atoms with Crippen LogP contribution in [0.1, 0.15) is 24.7 Å². The van der Waals surface area contributed by atoms with E-state index in [4.69, 9.17) is 0 Å². The third-order valence-electron chi connectivity index (χ3n) is 2.45. The summed E-state index contributed by atoms with van der Waals surface area (Å²) in [4.78, 5) is 19.6. The van der Waals surface area contributed by atoms with Crippen molar-refractivity contribution >= 4 is 17.1 Å². The first-order chi connectivity index (χ1) is 7.66. The topological polar surface area (TPSA) is 45.8 Å². The van der Waals surface area contributed by atoms with Crippen molar-refractivity contribution in [3.63, 3.8) is 0 Å². The number of carbonyl (C=O) groups is 1. The van der Waals surface area contributed by atoms with Crippen molar-refractivity contribution in [2.75, 3.05) is 0 Å². The quantitative estimate of drug-likeness (QED) is 0.884. The van der Waals surface area contributed by atoms with E-state index >= 15 is 0 Å². The van der Waals surface area contributed by atoms with E-state index in [1.165, 1.54) is 10.4 Å². The lowest BCUT2D eigenvalue weighted by molar-refractivity contribution is -0.117. The number of carbonyl (C=O) groups excluding carboxylic acids is 1. The normalized spacial score (nSPS) is 10.6. The van der Waals surface area contributed by atoms with Crippen LogP contribution in [0.25, 0.3) is 10.6 Å². The van der Waals surface area contributed by atoms with Crippen LogP contribution in [0.4, 0.5) is 0 Å². The molecule has 1 N–H and O–H groups in total. The third-order valence-corrected chi connectivity index (χ3v) is 3.50. The van der Waals surface area contributed by atoms with E-state index in [1.54, 1.807) is 18.3 Å². The van der Waals surface area contributed by atoms with Gasteiger partial charge in [0.15, 0.2) is 0 Å². The molecule has 16 heavy (non-hydrogen) atoms. The lowest BCUT2D eigenvalue weighted by Crippen LogP contribution is -1.95. The van der Waals surface area contributed by atoms with Gasteiger partial charge in [0.1, 0.15) is 11.6 Å². The van der Waals surface area contributed by atoms with Crippen LogP contribution in [0.5, 0.6) is 0 Å². The summed E-state index contributed by atoms with van der Waals surface area (Å²) in [5.74, 6) is 1.09. The minimum Gasteiger partial charge on any atom is -0.341 e. The number of imidazole rings is 1. The Morgan fingerprint density at radius 3 is 3.00 bits per heavy atom. The molecule has 2 rings (SSSR count). The minimum absolute atomic E-state index is 0.199. The van der Waals surface area contributed by atoms with E-state index in [2.05, 4.69) is 28.3 Å². The van der Waals surface area contributed by atoms with Gasteiger partial charge in [-0.3, -0.25) is 0 Å². The Hall–Kier alpha value is -1.42. The van der Waals surface area contributed by atoms with Gasteiger partial charge in [0.2, 0.25) is 0 Å². The summed E-state index contributed by atoms with van der Waals surface area (Å²) in [5.41, 5.74) is 2.30. The maximum Gasteiger partial charge on any atom is 0.130 e. The summed E-state index contributed by atoms with van der Waals surface area (Å²) in [5, 5.41) is 2.07. The van der Waals surface area contributed by atoms with E-state index in [1.807, 2.05) is 6.20 Å². The van der Waals surface area contributed by atoms with Crippen molar-refractivity contribution in [2.24, 2.45) is 0 Å². The summed E-state index contributed by atoms with van der Waals surface area (Å²) in [6.45, 7) is 3.69. The summed E-state index contributed by atoms with van der Waals surface area (Å²) >= 11 is 1.70.